The molecule has 44 heavy (non-hydrogen) atoms. The summed E-state index contributed by atoms with van der Waals surface area (Å²) in [6.07, 6.45) is 10.4. The van der Waals surface area contributed by atoms with Crippen LogP contribution in [0.2, 0.25) is 0 Å². The van der Waals surface area contributed by atoms with Crippen LogP contribution in [-0.4, -0.2) is 63.8 Å². The first-order valence-electron chi connectivity index (χ1n) is 16.7. The topological polar surface area (TPSA) is 67.7 Å². The molecule has 7 rings (SSSR count). The van der Waals surface area contributed by atoms with E-state index >= 15 is 0 Å². The Labute approximate surface area is 269 Å². The second-order valence-electron chi connectivity index (χ2n) is 14.6. The standard InChI is InChI=1S/C36H45BrN4O3/c1-35(2,3)44-34(43)40-20-18-39(19-21-40)23-24-10-12-25(13-11-24)26-14-15-27-30(22-26)41-29-9-7-8-28(37)31(29)32(42)38-33(41)36(27)16-5-4-6-17-36/h7-9,14-15,22,24-25H,4-6,10-13,16-21,23H2,1-3H3. The lowest BCUT2D eigenvalue weighted by atomic mass is 9.69. The Kier molecular flexibility index (Phi) is 7.89. The summed E-state index contributed by atoms with van der Waals surface area (Å²) < 4.78 is 8.72. The summed E-state index contributed by atoms with van der Waals surface area (Å²) in [6.45, 7) is 10.2. The minimum atomic E-state index is -0.451. The first-order valence-corrected chi connectivity index (χ1v) is 17.5. The van der Waals surface area contributed by atoms with E-state index in [0.717, 1.165) is 61.4 Å². The molecule has 3 aromatic rings. The molecule has 7 nitrogen and oxygen atoms in total. The van der Waals surface area contributed by atoms with E-state index in [-0.39, 0.29) is 17.1 Å². The van der Waals surface area contributed by atoms with Crippen LogP contribution in [0.1, 0.15) is 101 Å². The molecule has 0 bridgehead atoms. The number of fused-ring (bicyclic) bond motifs is 7. The SMILES string of the molecule is CC(C)(C)OC(=O)N1CCN(CC2CCC(c3ccc4c(c3)-n3c(nc(=O)c5c(Br)cccc53)C43CCCCC3)CC2)CC1. The Morgan fingerprint density at radius 3 is 2.43 bits per heavy atom. The largest absolute Gasteiger partial charge is 0.444 e. The number of benzene rings is 2. The van der Waals surface area contributed by atoms with E-state index in [2.05, 4.69) is 49.7 Å². The number of carbonyl (C=O) groups is 1. The van der Waals surface area contributed by atoms with Gasteiger partial charge >= 0.3 is 6.09 Å². The molecule has 4 aliphatic rings. The zero-order valence-corrected chi connectivity index (χ0v) is 28.0. The molecule has 0 N–H and O–H groups in total. The fourth-order valence-corrected chi connectivity index (χ4v) is 8.96. The number of nitrogens with zero attached hydrogens (tertiary/aromatic N) is 4. The Bertz CT molecular complexity index is 1620. The van der Waals surface area contributed by atoms with Gasteiger partial charge in [0.1, 0.15) is 11.4 Å². The molecule has 2 aliphatic heterocycles. The lowest BCUT2D eigenvalue weighted by molar-refractivity contribution is 0.0127. The molecule has 1 amide bonds. The second-order valence-corrected chi connectivity index (χ2v) is 15.5. The maximum atomic E-state index is 13.3. The van der Waals surface area contributed by atoms with Crippen molar-refractivity contribution in [2.45, 2.75) is 95.5 Å². The first-order chi connectivity index (χ1) is 21.1. The Hall–Kier alpha value is -2.71. The molecule has 2 aromatic carbocycles. The molecular formula is C36H45BrN4O3. The van der Waals surface area contributed by atoms with Crippen molar-refractivity contribution in [2.75, 3.05) is 32.7 Å². The van der Waals surface area contributed by atoms with Crippen LogP contribution >= 0.6 is 15.9 Å². The van der Waals surface area contributed by atoms with E-state index in [1.165, 1.54) is 61.8 Å². The van der Waals surface area contributed by atoms with Crippen LogP contribution in [0.5, 0.6) is 0 Å². The van der Waals surface area contributed by atoms with Gasteiger partial charge in [-0.2, -0.15) is 4.98 Å². The molecule has 3 heterocycles. The van der Waals surface area contributed by atoms with E-state index < -0.39 is 5.60 Å². The number of rotatable bonds is 3. The van der Waals surface area contributed by atoms with Crippen molar-refractivity contribution in [3.05, 3.63) is 68.2 Å². The predicted octanol–water partition coefficient (Wildman–Crippen LogP) is 7.54. The highest BCUT2D eigenvalue weighted by Gasteiger charge is 2.46. The number of aromatic nitrogens is 2. The molecule has 1 aromatic heterocycles. The minimum absolute atomic E-state index is 0.124. The lowest BCUT2D eigenvalue weighted by Gasteiger charge is -2.38. The van der Waals surface area contributed by atoms with Gasteiger partial charge < -0.3 is 9.64 Å². The number of hydrogen-bond donors (Lipinski definition) is 0. The molecule has 2 aliphatic carbocycles. The normalized spacial score (nSPS) is 23.5. The number of amides is 1. The van der Waals surface area contributed by atoms with Gasteiger partial charge in [0, 0.05) is 37.2 Å². The number of piperazine rings is 1. The van der Waals surface area contributed by atoms with Crippen molar-refractivity contribution in [1.29, 1.82) is 0 Å². The number of halogens is 1. The van der Waals surface area contributed by atoms with E-state index in [9.17, 15) is 9.59 Å². The highest BCUT2D eigenvalue weighted by atomic mass is 79.9. The van der Waals surface area contributed by atoms with Gasteiger partial charge in [0.2, 0.25) is 0 Å². The molecule has 0 radical (unpaired) electrons. The molecule has 1 spiro atoms. The second kappa shape index (κ2) is 11.6. The third kappa shape index (κ3) is 5.40. The van der Waals surface area contributed by atoms with Crippen molar-refractivity contribution in [2.24, 2.45) is 5.92 Å². The smallest absolute Gasteiger partial charge is 0.410 e. The van der Waals surface area contributed by atoms with Crippen molar-refractivity contribution in [1.82, 2.24) is 19.4 Å². The summed E-state index contributed by atoms with van der Waals surface area (Å²) in [7, 11) is 0. The van der Waals surface area contributed by atoms with Gasteiger partial charge in [-0.3, -0.25) is 14.3 Å². The zero-order chi connectivity index (χ0) is 30.6. The fraction of sp³-hybridized carbons (Fsp3) is 0.583. The third-order valence-corrected chi connectivity index (χ3v) is 11.3. The number of carbonyl (C=O) groups excluding carboxylic acids is 1. The highest BCUT2D eigenvalue weighted by Crippen LogP contribution is 2.52. The fourth-order valence-electron chi connectivity index (χ4n) is 8.44. The summed E-state index contributed by atoms with van der Waals surface area (Å²) in [5.41, 5.74) is 4.25. The molecule has 1 saturated heterocycles. The maximum absolute atomic E-state index is 13.3. The van der Waals surface area contributed by atoms with Gasteiger partial charge in [0.25, 0.3) is 5.56 Å². The summed E-state index contributed by atoms with van der Waals surface area (Å²) in [5.74, 6) is 2.21. The molecule has 2 saturated carbocycles. The monoisotopic (exact) mass is 660 g/mol. The lowest BCUT2D eigenvalue weighted by Crippen LogP contribution is -2.51. The highest BCUT2D eigenvalue weighted by molar-refractivity contribution is 9.10. The van der Waals surface area contributed by atoms with Gasteiger partial charge in [0.15, 0.2) is 0 Å². The maximum Gasteiger partial charge on any atom is 0.410 e. The van der Waals surface area contributed by atoms with Crippen LogP contribution in [-0.2, 0) is 10.2 Å². The van der Waals surface area contributed by atoms with Gasteiger partial charge in [-0.1, -0.05) is 37.5 Å². The zero-order valence-electron chi connectivity index (χ0n) is 26.4. The molecular weight excluding hydrogens is 616 g/mol. The van der Waals surface area contributed by atoms with Gasteiger partial charge in [-0.25, -0.2) is 4.79 Å². The van der Waals surface area contributed by atoms with Crippen molar-refractivity contribution < 1.29 is 9.53 Å². The summed E-state index contributed by atoms with van der Waals surface area (Å²) >= 11 is 3.64. The van der Waals surface area contributed by atoms with Gasteiger partial charge in [-0.05, 0) is 116 Å². The van der Waals surface area contributed by atoms with Crippen molar-refractivity contribution in [3.63, 3.8) is 0 Å². The van der Waals surface area contributed by atoms with E-state index in [4.69, 9.17) is 9.72 Å². The molecule has 0 atom stereocenters. The summed E-state index contributed by atoms with van der Waals surface area (Å²) in [5, 5.41) is 0.674. The Morgan fingerprint density at radius 1 is 1.00 bits per heavy atom. The van der Waals surface area contributed by atoms with Crippen LogP contribution in [0.3, 0.4) is 0 Å². The third-order valence-electron chi connectivity index (χ3n) is 10.6. The van der Waals surface area contributed by atoms with E-state index in [0.29, 0.717) is 17.2 Å². The number of hydrogen-bond acceptors (Lipinski definition) is 5. The van der Waals surface area contributed by atoms with Gasteiger partial charge in [-0.15, -0.1) is 0 Å². The van der Waals surface area contributed by atoms with Crippen LogP contribution in [0.4, 0.5) is 4.79 Å². The molecule has 234 valence electrons. The summed E-state index contributed by atoms with van der Waals surface area (Å²) in [4.78, 5) is 35.0. The molecule has 0 unspecified atom stereocenters. The molecule has 8 heteroatoms. The van der Waals surface area contributed by atoms with Crippen molar-refractivity contribution >= 4 is 32.9 Å². The first kappa shape index (κ1) is 30.0. The minimum Gasteiger partial charge on any atom is -0.444 e. The van der Waals surface area contributed by atoms with E-state index in [1.54, 1.807) is 0 Å². The quantitative estimate of drug-likeness (QED) is 0.290. The van der Waals surface area contributed by atoms with Gasteiger partial charge in [0.05, 0.1) is 22.0 Å². The van der Waals surface area contributed by atoms with Crippen LogP contribution < -0.4 is 5.56 Å². The van der Waals surface area contributed by atoms with Crippen molar-refractivity contribution in [3.8, 4) is 5.69 Å². The van der Waals surface area contributed by atoms with Crippen LogP contribution in [0, 0.1) is 5.92 Å². The van der Waals surface area contributed by atoms with Crippen LogP contribution in [0.25, 0.3) is 16.6 Å². The predicted molar refractivity (Wildman–Crippen MR) is 178 cm³/mol. The Balaban J connectivity index is 1.07. The Morgan fingerprint density at radius 2 is 1.73 bits per heavy atom. The average Bonchev–Trinajstić information content (AvgIpc) is 3.25. The summed E-state index contributed by atoms with van der Waals surface area (Å²) in [6, 6.07) is 13.3. The van der Waals surface area contributed by atoms with E-state index in [1.807, 2.05) is 37.8 Å². The molecule has 3 fully saturated rings. The van der Waals surface area contributed by atoms with Crippen LogP contribution in [0.15, 0.2) is 45.7 Å². The average molecular weight is 662 g/mol. The number of ether oxygens (including phenoxy) is 1.